The molecule has 0 spiro atoms. The summed E-state index contributed by atoms with van der Waals surface area (Å²) in [5, 5.41) is 3.29. The molecule has 0 amide bonds. The first-order chi connectivity index (χ1) is 9.13. The molecule has 2 rings (SSSR count). The summed E-state index contributed by atoms with van der Waals surface area (Å²) in [6.07, 6.45) is 4.24. The van der Waals surface area contributed by atoms with Gasteiger partial charge in [0.1, 0.15) is 18.0 Å². The van der Waals surface area contributed by atoms with Gasteiger partial charge in [0, 0.05) is 31.7 Å². The lowest BCUT2D eigenvalue weighted by atomic mass is 10.2. The molecule has 19 heavy (non-hydrogen) atoms. The molecule has 1 atom stereocenters. The van der Waals surface area contributed by atoms with E-state index in [1.54, 1.807) is 6.33 Å². The number of nitrogens with one attached hydrogen (secondary N) is 1. The van der Waals surface area contributed by atoms with Crippen LogP contribution in [0.5, 0.6) is 0 Å². The van der Waals surface area contributed by atoms with Crippen LogP contribution in [0.4, 0.5) is 11.6 Å². The Bertz CT molecular complexity index is 420. The Morgan fingerprint density at radius 2 is 2.26 bits per heavy atom. The van der Waals surface area contributed by atoms with E-state index in [1.165, 1.54) is 19.4 Å². The number of nitrogens with zero attached hydrogens (tertiary/aromatic N) is 4. The third-order valence-corrected chi connectivity index (χ3v) is 3.92. The van der Waals surface area contributed by atoms with Crippen LogP contribution in [0.3, 0.4) is 0 Å². The Labute approximate surface area is 116 Å². The molecule has 0 saturated carbocycles. The second-order valence-corrected chi connectivity index (χ2v) is 5.36. The predicted molar refractivity (Wildman–Crippen MR) is 79.9 cm³/mol. The maximum atomic E-state index is 4.44. The highest BCUT2D eigenvalue weighted by atomic mass is 15.2. The molecule has 5 nitrogen and oxygen atoms in total. The van der Waals surface area contributed by atoms with Crippen molar-refractivity contribution in [1.29, 1.82) is 0 Å². The summed E-state index contributed by atoms with van der Waals surface area (Å²) < 4.78 is 0. The molecule has 2 heterocycles. The van der Waals surface area contributed by atoms with Crippen molar-refractivity contribution >= 4 is 11.6 Å². The van der Waals surface area contributed by atoms with Crippen molar-refractivity contribution in [3.05, 3.63) is 11.9 Å². The first-order valence-corrected chi connectivity index (χ1v) is 7.10. The maximum Gasteiger partial charge on any atom is 0.136 e. The molecular formula is C14H25N5. The topological polar surface area (TPSA) is 44.3 Å². The first-order valence-electron chi connectivity index (χ1n) is 7.10. The molecule has 1 N–H and O–H groups in total. The Balaban J connectivity index is 2.10. The lowest BCUT2D eigenvalue weighted by molar-refractivity contribution is 0.314. The van der Waals surface area contributed by atoms with Gasteiger partial charge in [0.2, 0.25) is 0 Å². The first kappa shape index (κ1) is 14.1. The second-order valence-electron chi connectivity index (χ2n) is 5.36. The van der Waals surface area contributed by atoms with Crippen molar-refractivity contribution in [1.82, 2.24) is 14.9 Å². The quantitative estimate of drug-likeness (QED) is 0.877. The van der Waals surface area contributed by atoms with Crippen LogP contribution in [0.1, 0.15) is 25.3 Å². The molecular weight excluding hydrogens is 238 g/mol. The lowest BCUT2D eigenvalue weighted by Gasteiger charge is -2.27. The zero-order valence-corrected chi connectivity index (χ0v) is 12.5. The van der Waals surface area contributed by atoms with Gasteiger partial charge < -0.3 is 15.1 Å². The molecule has 0 radical (unpaired) electrons. The largest absolute Gasteiger partial charge is 0.370 e. The molecule has 0 aliphatic carbocycles. The van der Waals surface area contributed by atoms with E-state index in [2.05, 4.69) is 53.0 Å². The van der Waals surface area contributed by atoms with E-state index < -0.39 is 0 Å². The molecule has 0 aromatic carbocycles. The van der Waals surface area contributed by atoms with E-state index in [0.29, 0.717) is 6.04 Å². The van der Waals surface area contributed by atoms with Crippen molar-refractivity contribution < 1.29 is 0 Å². The minimum absolute atomic E-state index is 0.641. The summed E-state index contributed by atoms with van der Waals surface area (Å²) >= 11 is 0. The molecule has 1 fully saturated rings. The predicted octanol–water partition coefficient (Wildman–Crippen LogP) is 1.75. The van der Waals surface area contributed by atoms with Crippen LogP contribution in [0.2, 0.25) is 0 Å². The zero-order valence-electron chi connectivity index (χ0n) is 12.5. The third-order valence-electron chi connectivity index (χ3n) is 3.92. The average molecular weight is 263 g/mol. The fraction of sp³-hybridized carbons (Fsp3) is 0.714. The fourth-order valence-corrected chi connectivity index (χ4v) is 2.78. The van der Waals surface area contributed by atoms with Gasteiger partial charge in [0.05, 0.1) is 0 Å². The monoisotopic (exact) mass is 263 g/mol. The SMILES string of the molecule is CCNc1ncnc(N(C)CC2CCCN2C)c1C. The van der Waals surface area contributed by atoms with Gasteiger partial charge >= 0.3 is 0 Å². The van der Waals surface area contributed by atoms with E-state index in [0.717, 1.165) is 30.3 Å². The van der Waals surface area contributed by atoms with Gasteiger partial charge in [0.15, 0.2) is 0 Å². The summed E-state index contributed by atoms with van der Waals surface area (Å²) in [5.41, 5.74) is 1.13. The van der Waals surface area contributed by atoms with E-state index in [4.69, 9.17) is 0 Å². The normalized spacial score (nSPS) is 19.7. The molecule has 1 aliphatic rings. The number of likely N-dealkylation sites (N-methyl/N-ethyl adjacent to an activating group) is 2. The number of anilines is 2. The fourth-order valence-electron chi connectivity index (χ4n) is 2.78. The van der Waals surface area contributed by atoms with Crippen molar-refractivity contribution in [3.8, 4) is 0 Å². The second kappa shape index (κ2) is 6.19. The smallest absolute Gasteiger partial charge is 0.136 e. The van der Waals surface area contributed by atoms with Crippen LogP contribution in [0.25, 0.3) is 0 Å². The summed E-state index contributed by atoms with van der Waals surface area (Å²) in [4.78, 5) is 13.4. The van der Waals surface area contributed by atoms with Gasteiger partial charge in [-0.05, 0) is 40.3 Å². The molecule has 0 bridgehead atoms. The molecule has 106 valence electrons. The molecule has 1 aliphatic heterocycles. The van der Waals surface area contributed by atoms with Crippen LogP contribution >= 0.6 is 0 Å². The Morgan fingerprint density at radius 3 is 2.89 bits per heavy atom. The van der Waals surface area contributed by atoms with Crippen LogP contribution in [-0.2, 0) is 0 Å². The Kier molecular flexibility index (Phi) is 4.58. The Hall–Kier alpha value is -1.36. The van der Waals surface area contributed by atoms with E-state index in [9.17, 15) is 0 Å². The minimum atomic E-state index is 0.641. The molecule has 1 saturated heterocycles. The number of likely N-dealkylation sites (tertiary alicyclic amines) is 1. The summed E-state index contributed by atoms with van der Waals surface area (Å²) in [6.45, 7) is 7.29. The van der Waals surface area contributed by atoms with Gasteiger partial charge in [0.25, 0.3) is 0 Å². The molecule has 5 heteroatoms. The standard InChI is InChI=1S/C14H25N5/c1-5-15-13-11(2)14(17-10-16-13)19(4)9-12-7-6-8-18(12)3/h10,12H,5-9H2,1-4H3,(H,15,16,17). The van der Waals surface area contributed by atoms with Crippen molar-refractivity contribution in [3.63, 3.8) is 0 Å². The highest BCUT2D eigenvalue weighted by molar-refractivity contribution is 5.57. The highest BCUT2D eigenvalue weighted by Crippen LogP contribution is 2.23. The van der Waals surface area contributed by atoms with E-state index in [1.807, 2.05) is 0 Å². The minimum Gasteiger partial charge on any atom is -0.370 e. The van der Waals surface area contributed by atoms with Crippen LogP contribution in [0, 0.1) is 6.92 Å². The van der Waals surface area contributed by atoms with Gasteiger partial charge in [-0.1, -0.05) is 0 Å². The van der Waals surface area contributed by atoms with Crippen molar-refractivity contribution in [2.45, 2.75) is 32.7 Å². The van der Waals surface area contributed by atoms with Gasteiger partial charge in [-0.2, -0.15) is 0 Å². The van der Waals surface area contributed by atoms with E-state index >= 15 is 0 Å². The van der Waals surface area contributed by atoms with Crippen molar-refractivity contribution in [2.75, 3.05) is 43.9 Å². The number of hydrogen-bond donors (Lipinski definition) is 1. The summed E-state index contributed by atoms with van der Waals surface area (Å²) in [6, 6.07) is 0.641. The van der Waals surface area contributed by atoms with Gasteiger partial charge in [-0.3, -0.25) is 0 Å². The zero-order chi connectivity index (χ0) is 13.8. The van der Waals surface area contributed by atoms with Gasteiger partial charge in [-0.15, -0.1) is 0 Å². The number of hydrogen-bond acceptors (Lipinski definition) is 5. The number of aromatic nitrogens is 2. The average Bonchev–Trinajstić information content (AvgIpc) is 2.78. The summed E-state index contributed by atoms with van der Waals surface area (Å²) in [7, 11) is 4.33. The van der Waals surface area contributed by atoms with Crippen LogP contribution in [0.15, 0.2) is 6.33 Å². The molecule has 1 unspecified atom stereocenters. The van der Waals surface area contributed by atoms with E-state index in [-0.39, 0.29) is 0 Å². The van der Waals surface area contributed by atoms with Crippen molar-refractivity contribution in [2.24, 2.45) is 0 Å². The van der Waals surface area contributed by atoms with Crippen LogP contribution in [-0.4, -0.2) is 54.6 Å². The molecule has 1 aromatic rings. The van der Waals surface area contributed by atoms with Crippen LogP contribution < -0.4 is 10.2 Å². The molecule has 1 aromatic heterocycles. The maximum absolute atomic E-state index is 4.44. The summed E-state index contributed by atoms with van der Waals surface area (Å²) in [5.74, 6) is 1.98. The number of rotatable bonds is 5. The lowest BCUT2D eigenvalue weighted by Crippen LogP contribution is -2.37. The Morgan fingerprint density at radius 1 is 1.47 bits per heavy atom. The highest BCUT2D eigenvalue weighted by Gasteiger charge is 2.23. The third kappa shape index (κ3) is 3.15. The van der Waals surface area contributed by atoms with Gasteiger partial charge in [-0.25, -0.2) is 9.97 Å².